The Kier molecular flexibility index (Phi) is 4.20. The molecule has 1 aliphatic rings. The van der Waals surface area contributed by atoms with Crippen molar-refractivity contribution in [3.8, 4) is 0 Å². The monoisotopic (exact) mass is 261 g/mol. The summed E-state index contributed by atoms with van der Waals surface area (Å²) in [6.45, 7) is 2.55. The molecule has 102 valence electrons. The third-order valence-electron chi connectivity index (χ3n) is 3.70. The standard InChI is InChI=1S/C15H19NO3/c1-3-12-13(9-14(17)19-2)16(15(12)18)10-11-7-5-4-6-8-11/h4-8,12-13H,3,9-10H2,1-2H3. The second-order valence-corrected chi connectivity index (χ2v) is 4.81. The number of β-lactam (4-membered cyclic amide) rings is 1. The number of amides is 1. The van der Waals surface area contributed by atoms with Gasteiger partial charge in [-0.05, 0) is 12.0 Å². The van der Waals surface area contributed by atoms with Crippen molar-refractivity contribution in [3.05, 3.63) is 35.9 Å². The van der Waals surface area contributed by atoms with E-state index in [4.69, 9.17) is 4.74 Å². The fourth-order valence-corrected chi connectivity index (χ4v) is 2.60. The molecule has 0 bridgehead atoms. The van der Waals surface area contributed by atoms with Gasteiger partial charge in [0.25, 0.3) is 0 Å². The molecule has 1 aromatic carbocycles. The third kappa shape index (κ3) is 2.78. The fourth-order valence-electron chi connectivity index (χ4n) is 2.60. The average molecular weight is 261 g/mol. The van der Waals surface area contributed by atoms with E-state index in [-0.39, 0.29) is 30.3 Å². The Morgan fingerprint density at radius 3 is 2.58 bits per heavy atom. The van der Waals surface area contributed by atoms with Gasteiger partial charge in [-0.25, -0.2) is 0 Å². The Balaban J connectivity index is 2.05. The summed E-state index contributed by atoms with van der Waals surface area (Å²) >= 11 is 0. The number of carbonyl (C=O) groups is 2. The maximum Gasteiger partial charge on any atom is 0.307 e. The number of nitrogens with zero attached hydrogens (tertiary/aromatic N) is 1. The van der Waals surface area contributed by atoms with Gasteiger partial charge in [0.15, 0.2) is 0 Å². The second-order valence-electron chi connectivity index (χ2n) is 4.81. The molecule has 4 heteroatoms. The summed E-state index contributed by atoms with van der Waals surface area (Å²) in [5.74, 6) is -0.155. The van der Waals surface area contributed by atoms with Gasteiger partial charge in [-0.3, -0.25) is 9.59 Å². The first-order valence-electron chi connectivity index (χ1n) is 6.58. The van der Waals surface area contributed by atoms with E-state index in [0.29, 0.717) is 6.54 Å². The lowest BCUT2D eigenvalue weighted by Crippen LogP contribution is -2.60. The molecule has 1 aliphatic heterocycles. The van der Waals surface area contributed by atoms with Crippen molar-refractivity contribution in [3.63, 3.8) is 0 Å². The molecule has 1 fully saturated rings. The molecule has 4 nitrogen and oxygen atoms in total. The minimum Gasteiger partial charge on any atom is -0.469 e. The molecule has 19 heavy (non-hydrogen) atoms. The lowest BCUT2D eigenvalue weighted by atomic mass is 9.82. The van der Waals surface area contributed by atoms with Gasteiger partial charge in [0.05, 0.1) is 25.5 Å². The SMILES string of the molecule is CCC1C(=O)N(Cc2ccccc2)C1CC(=O)OC. The second kappa shape index (κ2) is 5.87. The predicted octanol–water partition coefficient (Wildman–Crippen LogP) is 1.99. The summed E-state index contributed by atoms with van der Waals surface area (Å²) in [5, 5.41) is 0. The van der Waals surface area contributed by atoms with Gasteiger partial charge in [0.1, 0.15) is 0 Å². The first-order chi connectivity index (χ1) is 9.17. The number of benzene rings is 1. The lowest BCUT2D eigenvalue weighted by molar-refractivity contribution is -0.162. The number of esters is 1. The van der Waals surface area contributed by atoms with E-state index in [1.165, 1.54) is 7.11 Å². The van der Waals surface area contributed by atoms with E-state index in [0.717, 1.165) is 12.0 Å². The molecule has 0 aromatic heterocycles. The molecule has 2 atom stereocenters. The van der Waals surface area contributed by atoms with Crippen LogP contribution in [0.2, 0.25) is 0 Å². The van der Waals surface area contributed by atoms with E-state index in [1.54, 1.807) is 4.90 Å². The molecule has 0 spiro atoms. The Labute approximate surface area is 113 Å². The van der Waals surface area contributed by atoms with E-state index in [2.05, 4.69) is 0 Å². The summed E-state index contributed by atoms with van der Waals surface area (Å²) in [4.78, 5) is 25.3. The molecule has 2 rings (SSSR count). The molecule has 0 radical (unpaired) electrons. The number of methoxy groups -OCH3 is 1. The number of rotatable bonds is 5. The highest BCUT2D eigenvalue weighted by Gasteiger charge is 2.46. The van der Waals surface area contributed by atoms with Crippen molar-refractivity contribution >= 4 is 11.9 Å². The summed E-state index contributed by atoms with van der Waals surface area (Å²) in [6, 6.07) is 9.80. The average Bonchev–Trinajstić information content (AvgIpc) is 2.45. The third-order valence-corrected chi connectivity index (χ3v) is 3.70. The zero-order valence-corrected chi connectivity index (χ0v) is 11.3. The van der Waals surface area contributed by atoms with Crippen LogP contribution in [0, 0.1) is 5.92 Å². The van der Waals surface area contributed by atoms with Crippen molar-refractivity contribution < 1.29 is 14.3 Å². The number of likely N-dealkylation sites (tertiary alicyclic amines) is 1. The lowest BCUT2D eigenvalue weighted by Gasteiger charge is -2.46. The van der Waals surface area contributed by atoms with Gasteiger partial charge >= 0.3 is 5.97 Å². The number of hydrogen-bond acceptors (Lipinski definition) is 3. The Morgan fingerprint density at radius 1 is 1.32 bits per heavy atom. The Hall–Kier alpha value is -1.84. The highest BCUT2D eigenvalue weighted by molar-refractivity contribution is 5.87. The Morgan fingerprint density at radius 2 is 2.00 bits per heavy atom. The smallest absolute Gasteiger partial charge is 0.307 e. The molecule has 1 aromatic rings. The predicted molar refractivity (Wildman–Crippen MR) is 71.2 cm³/mol. The van der Waals surface area contributed by atoms with Crippen LogP contribution in [0.25, 0.3) is 0 Å². The fraction of sp³-hybridized carbons (Fsp3) is 0.467. The topological polar surface area (TPSA) is 46.6 Å². The van der Waals surface area contributed by atoms with Crippen molar-refractivity contribution in [2.75, 3.05) is 7.11 Å². The van der Waals surface area contributed by atoms with E-state index < -0.39 is 0 Å². The van der Waals surface area contributed by atoms with Gasteiger partial charge in [-0.1, -0.05) is 37.3 Å². The van der Waals surface area contributed by atoms with Gasteiger partial charge in [-0.15, -0.1) is 0 Å². The summed E-state index contributed by atoms with van der Waals surface area (Å²) in [7, 11) is 1.38. The van der Waals surface area contributed by atoms with Crippen LogP contribution in [0.1, 0.15) is 25.3 Å². The zero-order chi connectivity index (χ0) is 13.8. The van der Waals surface area contributed by atoms with Crippen LogP contribution in [0.15, 0.2) is 30.3 Å². The molecule has 0 aliphatic carbocycles. The first-order valence-corrected chi connectivity index (χ1v) is 6.58. The van der Waals surface area contributed by atoms with Gasteiger partial charge in [0, 0.05) is 6.54 Å². The van der Waals surface area contributed by atoms with Crippen molar-refractivity contribution in [1.82, 2.24) is 4.90 Å². The molecular weight excluding hydrogens is 242 g/mol. The maximum atomic E-state index is 12.1. The van der Waals surface area contributed by atoms with Gasteiger partial charge in [0.2, 0.25) is 5.91 Å². The van der Waals surface area contributed by atoms with Gasteiger partial charge in [-0.2, -0.15) is 0 Å². The molecule has 0 saturated carbocycles. The van der Waals surface area contributed by atoms with Crippen molar-refractivity contribution in [2.45, 2.75) is 32.4 Å². The van der Waals surface area contributed by atoms with Crippen LogP contribution in [0.5, 0.6) is 0 Å². The van der Waals surface area contributed by atoms with E-state index in [1.807, 2.05) is 37.3 Å². The highest BCUT2D eigenvalue weighted by atomic mass is 16.5. The normalized spacial score (nSPS) is 22.0. The number of hydrogen-bond donors (Lipinski definition) is 0. The number of carbonyl (C=O) groups excluding carboxylic acids is 2. The highest BCUT2D eigenvalue weighted by Crippen LogP contribution is 2.33. The van der Waals surface area contributed by atoms with Crippen LogP contribution in [0.3, 0.4) is 0 Å². The summed E-state index contributed by atoms with van der Waals surface area (Å²) in [5.41, 5.74) is 1.08. The summed E-state index contributed by atoms with van der Waals surface area (Å²) < 4.78 is 4.71. The molecular formula is C15H19NO3. The molecule has 1 saturated heterocycles. The minimum absolute atomic E-state index is 0.0230. The molecule has 1 amide bonds. The number of ether oxygens (including phenoxy) is 1. The maximum absolute atomic E-state index is 12.1. The largest absolute Gasteiger partial charge is 0.469 e. The van der Waals surface area contributed by atoms with Crippen LogP contribution >= 0.6 is 0 Å². The van der Waals surface area contributed by atoms with E-state index in [9.17, 15) is 9.59 Å². The first kappa shape index (κ1) is 13.6. The van der Waals surface area contributed by atoms with Crippen molar-refractivity contribution in [1.29, 1.82) is 0 Å². The Bertz CT molecular complexity index is 458. The van der Waals surface area contributed by atoms with Crippen LogP contribution in [-0.4, -0.2) is 29.9 Å². The van der Waals surface area contributed by atoms with Gasteiger partial charge < -0.3 is 9.64 Å². The minimum atomic E-state index is -0.256. The quantitative estimate of drug-likeness (QED) is 0.601. The van der Waals surface area contributed by atoms with Crippen LogP contribution in [0.4, 0.5) is 0 Å². The molecule has 2 unspecified atom stereocenters. The van der Waals surface area contributed by atoms with Crippen LogP contribution in [-0.2, 0) is 20.9 Å². The van der Waals surface area contributed by atoms with Crippen LogP contribution < -0.4 is 0 Å². The van der Waals surface area contributed by atoms with E-state index >= 15 is 0 Å². The molecule has 0 N–H and O–H groups in total. The molecule has 1 heterocycles. The summed E-state index contributed by atoms with van der Waals surface area (Å²) in [6.07, 6.45) is 1.05. The zero-order valence-electron chi connectivity index (χ0n) is 11.3. The van der Waals surface area contributed by atoms with Crippen molar-refractivity contribution in [2.24, 2.45) is 5.92 Å².